The van der Waals surface area contributed by atoms with Crippen LogP contribution in [-0.2, 0) is 12.8 Å². The number of carbonyl (C=O) groups excluding carboxylic acids is 1. The second kappa shape index (κ2) is 5.34. The van der Waals surface area contributed by atoms with Crippen molar-refractivity contribution in [1.29, 1.82) is 0 Å². The minimum atomic E-state index is -0.0423. The highest BCUT2D eigenvalue weighted by Crippen LogP contribution is 2.26. The maximum atomic E-state index is 13.0. The molecule has 2 aromatic heterocycles. The molecule has 0 aliphatic heterocycles. The largest absolute Gasteiger partial charge is 0.285 e. The molecular formula is C19H16N2O. The van der Waals surface area contributed by atoms with Gasteiger partial charge in [0.15, 0.2) is 0 Å². The van der Waals surface area contributed by atoms with E-state index in [1.807, 2.05) is 12.1 Å². The number of aromatic nitrogens is 2. The summed E-state index contributed by atoms with van der Waals surface area (Å²) in [5.41, 5.74) is 5.46. The van der Waals surface area contributed by atoms with Gasteiger partial charge < -0.3 is 0 Å². The van der Waals surface area contributed by atoms with Crippen molar-refractivity contribution in [3.05, 3.63) is 70.3 Å². The van der Waals surface area contributed by atoms with Crippen molar-refractivity contribution in [1.82, 2.24) is 9.97 Å². The van der Waals surface area contributed by atoms with Gasteiger partial charge in [0.25, 0.3) is 0 Å². The zero-order valence-electron chi connectivity index (χ0n) is 12.2. The van der Waals surface area contributed by atoms with Gasteiger partial charge in [0.2, 0.25) is 5.78 Å². The maximum absolute atomic E-state index is 13.0. The minimum absolute atomic E-state index is 0.0423. The molecule has 0 atom stereocenters. The lowest BCUT2D eigenvalue weighted by Gasteiger charge is -2.16. The first-order valence-corrected chi connectivity index (χ1v) is 7.68. The first-order valence-electron chi connectivity index (χ1n) is 7.68. The second-order valence-corrected chi connectivity index (χ2v) is 5.67. The molecule has 2 aliphatic rings. The molecule has 0 saturated heterocycles. The van der Waals surface area contributed by atoms with Gasteiger partial charge in [-0.1, -0.05) is 24.3 Å². The van der Waals surface area contributed by atoms with Crippen LogP contribution in [0.3, 0.4) is 0 Å². The summed E-state index contributed by atoms with van der Waals surface area (Å²) < 4.78 is 0. The summed E-state index contributed by atoms with van der Waals surface area (Å²) in [5.74, 6) is -0.0423. The van der Waals surface area contributed by atoms with Gasteiger partial charge in [0.1, 0.15) is 11.4 Å². The first kappa shape index (κ1) is 13.1. The van der Waals surface area contributed by atoms with Crippen LogP contribution >= 0.6 is 0 Å². The molecule has 0 fully saturated rings. The number of ketones is 1. The molecule has 2 aromatic rings. The Bertz CT molecular complexity index is 751. The number of hydrogen-bond donors (Lipinski definition) is 0. The van der Waals surface area contributed by atoms with Gasteiger partial charge in [0.05, 0.1) is 0 Å². The van der Waals surface area contributed by atoms with Crippen LogP contribution in [0.15, 0.2) is 36.7 Å². The lowest BCUT2D eigenvalue weighted by Crippen LogP contribution is -2.15. The Morgan fingerprint density at radius 2 is 1.32 bits per heavy atom. The summed E-state index contributed by atoms with van der Waals surface area (Å²) >= 11 is 0. The Hall–Kier alpha value is -2.55. The molecule has 0 amide bonds. The molecular weight excluding hydrogens is 272 g/mol. The van der Waals surface area contributed by atoms with Crippen LogP contribution in [0.2, 0.25) is 0 Å². The lowest BCUT2D eigenvalue weighted by atomic mass is 9.90. The predicted molar refractivity (Wildman–Crippen MR) is 86.6 cm³/mol. The Labute approximate surface area is 129 Å². The summed E-state index contributed by atoms with van der Waals surface area (Å²) in [5, 5.41) is 0. The third-order valence-corrected chi connectivity index (χ3v) is 4.33. The van der Waals surface area contributed by atoms with E-state index in [1.54, 1.807) is 12.4 Å². The molecule has 3 nitrogen and oxygen atoms in total. The summed E-state index contributed by atoms with van der Waals surface area (Å²) in [7, 11) is 0. The fourth-order valence-corrected chi connectivity index (χ4v) is 3.23. The normalized spacial score (nSPS) is 15.3. The highest BCUT2D eigenvalue weighted by atomic mass is 16.1. The molecule has 0 bridgehead atoms. The summed E-state index contributed by atoms with van der Waals surface area (Å²) in [4.78, 5) is 21.8. The summed E-state index contributed by atoms with van der Waals surface area (Å²) in [6, 6.07) is 3.94. The Balaban J connectivity index is 1.84. The number of allylic oxidation sites excluding steroid dienone is 2. The third-order valence-electron chi connectivity index (χ3n) is 4.33. The van der Waals surface area contributed by atoms with Gasteiger partial charge in [-0.2, -0.15) is 0 Å². The van der Waals surface area contributed by atoms with Gasteiger partial charge in [-0.15, -0.1) is 0 Å². The molecule has 108 valence electrons. The van der Waals surface area contributed by atoms with Gasteiger partial charge in [-0.25, -0.2) is 0 Å². The van der Waals surface area contributed by atoms with Crippen molar-refractivity contribution in [3.63, 3.8) is 0 Å². The van der Waals surface area contributed by atoms with E-state index in [9.17, 15) is 4.79 Å². The summed E-state index contributed by atoms with van der Waals surface area (Å²) in [6.45, 7) is 0. The number of carbonyl (C=O) groups is 1. The highest BCUT2D eigenvalue weighted by Gasteiger charge is 2.23. The summed E-state index contributed by atoms with van der Waals surface area (Å²) in [6.07, 6.45) is 15.5. The van der Waals surface area contributed by atoms with Crippen molar-refractivity contribution >= 4 is 17.9 Å². The van der Waals surface area contributed by atoms with Crippen LogP contribution in [0.25, 0.3) is 12.2 Å². The second-order valence-electron chi connectivity index (χ2n) is 5.67. The number of nitrogens with zero attached hydrogens (tertiary/aromatic N) is 2. The maximum Gasteiger partial charge on any atom is 0.230 e. The molecule has 3 heteroatoms. The van der Waals surface area contributed by atoms with E-state index < -0.39 is 0 Å². The molecule has 0 N–H and O–H groups in total. The quantitative estimate of drug-likeness (QED) is 0.793. The zero-order chi connectivity index (χ0) is 14.9. The average Bonchev–Trinajstić information content (AvgIpc) is 2.60. The van der Waals surface area contributed by atoms with Crippen LogP contribution in [0, 0.1) is 0 Å². The lowest BCUT2D eigenvalue weighted by molar-refractivity contribution is 0.102. The molecule has 0 saturated carbocycles. The average molecular weight is 288 g/mol. The first-order chi connectivity index (χ1) is 10.8. The van der Waals surface area contributed by atoms with Gasteiger partial charge in [0, 0.05) is 12.4 Å². The van der Waals surface area contributed by atoms with Crippen molar-refractivity contribution < 1.29 is 4.79 Å². The molecule has 0 aromatic carbocycles. The monoisotopic (exact) mass is 288 g/mol. The molecule has 2 aliphatic carbocycles. The highest BCUT2D eigenvalue weighted by molar-refractivity contribution is 6.09. The third kappa shape index (κ3) is 2.10. The molecule has 0 spiro atoms. The molecule has 22 heavy (non-hydrogen) atoms. The minimum Gasteiger partial charge on any atom is -0.285 e. The van der Waals surface area contributed by atoms with E-state index in [-0.39, 0.29) is 5.78 Å². The topological polar surface area (TPSA) is 42.9 Å². The smallest absolute Gasteiger partial charge is 0.230 e. The van der Waals surface area contributed by atoms with Crippen molar-refractivity contribution in [2.75, 3.05) is 0 Å². The fourth-order valence-electron chi connectivity index (χ4n) is 3.23. The standard InChI is InChI=1S/C19H16N2O/c22-19(17-15-7-3-1-5-13(15)9-11-20-17)18-16-8-4-2-6-14(16)10-12-21-18/h1-2,5-6,9-12H,3-4,7-8H2. The van der Waals surface area contributed by atoms with Crippen molar-refractivity contribution in [3.8, 4) is 0 Å². The van der Waals surface area contributed by atoms with E-state index in [0.717, 1.165) is 47.9 Å². The Morgan fingerprint density at radius 1 is 0.818 bits per heavy atom. The number of rotatable bonds is 2. The van der Waals surface area contributed by atoms with Crippen LogP contribution in [0.1, 0.15) is 51.3 Å². The van der Waals surface area contributed by atoms with E-state index in [2.05, 4.69) is 34.3 Å². The predicted octanol–water partition coefficient (Wildman–Crippen LogP) is 3.63. The van der Waals surface area contributed by atoms with Crippen LogP contribution in [0.4, 0.5) is 0 Å². The van der Waals surface area contributed by atoms with E-state index in [4.69, 9.17) is 0 Å². The number of pyridine rings is 2. The van der Waals surface area contributed by atoms with Crippen LogP contribution < -0.4 is 0 Å². The van der Waals surface area contributed by atoms with Crippen molar-refractivity contribution in [2.45, 2.75) is 25.7 Å². The van der Waals surface area contributed by atoms with Gasteiger partial charge in [-0.3, -0.25) is 14.8 Å². The van der Waals surface area contributed by atoms with Gasteiger partial charge >= 0.3 is 0 Å². The number of fused-ring (bicyclic) bond motifs is 2. The van der Waals surface area contributed by atoms with E-state index in [0.29, 0.717) is 11.4 Å². The SMILES string of the molecule is O=C(c1nccc2c1CCC=C2)c1nccc2c1CCC=C2. The fraction of sp³-hybridized carbons (Fsp3) is 0.211. The van der Waals surface area contributed by atoms with Crippen molar-refractivity contribution in [2.24, 2.45) is 0 Å². The Kier molecular flexibility index (Phi) is 3.19. The van der Waals surface area contributed by atoms with E-state index >= 15 is 0 Å². The van der Waals surface area contributed by atoms with Crippen LogP contribution in [0.5, 0.6) is 0 Å². The molecule has 4 rings (SSSR count). The Morgan fingerprint density at radius 3 is 1.82 bits per heavy atom. The molecule has 0 unspecified atom stereocenters. The molecule has 0 radical (unpaired) electrons. The van der Waals surface area contributed by atoms with E-state index in [1.165, 1.54) is 0 Å². The van der Waals surface area contributed by atoms with Gasteiger partial charge in [-0.05, 0) is 60.1 Å². The van der Waals surface area contributed by atoms with Crippen LogP contribution in [-0.4, -0.2) is 15.8 Å². The zero-order valence-corrected chi connectivity index (χ0v) is 12.2. The molecule has 2 heterocycles. The number of hydrogen-bond acceptors (Lipinski definition) is 3.